The molecule has 1 unspecified atom stereocenters. The summed E-state index contributed by atoms with van der Waals surface area (Å²) in [6, 6.07) is 0. The molecule has 0 aromatic carbocycles. The molecule has 102 valence electrons. The zero-order chi connectivity index (χ0) is 12.5. The van der Waals surface area contributed by atoms with E-state index in [0.29, 0.717) is 5.03 Å². The summed E-state index contributed by atoms with van der Waals surface area (Å²) in [4.78, 5) is 3.19. The Kier molecular flexibility index (Phi) is 5.32. The lowest BCUT2D eigenvalue weighted by Crippen LogP contribution is -2.45. The van der Waals surface area contributed by atoms with Crippen LogP contribution >= 0.6 is 47.2 Å². The van der Waals surface area contributed by atoms with Crippen molar-refractivity contribution in [2.24, 2.45) is 0 Å². The lowest BCUT2D eigenvalue weighted by atomic mass is 9.93. The monoisotopic (exact) mass is 331 g/mol. The van der Waals surface area contributed by atoms with Gasteiger partial charge in [0.2, 0.25) is 0 Å². The molecule has 8 heteroatoms. The first-order chi connectivity index (χ1) is 7.99. The molecule has 1 aromatic rings. The fourth-order valence-electron chi connectivity index (χ4n) is 1.83. The van der Waals surface area contributed by atoms with Crippen molar-refractivity contribution in [1.29, 1.82) is 0 Å². The predicted octanol–water partition coefficient (Wildman–Crippen LogP) is 2.91. The van der Waals surface area contributed by atoms with E-state index in [1.54, 1.807) is 4.68 Å². The molecule has 1 fully saturated rings. The van der Waals surface area contributed by atoms with Gasteiger partial charge < -0.3 is 5.11 Å². The van der Waals surface area contributed by atoms with Crippen molar-refractivity contribution >= 4 is 47.2 Å². The van der Waals surface area contributed by atoms with Crippen molar-refractivity contribution in [1.82, 2.24) is 14.8 Å². The van der Waals surface area contributed by atoms with Gasteiger partial charge in [-0.2, -0.15) is 5.10 Å². The van der Waals surface area contributed by atoms with Crippen molar-refractivity contribution in [2.45, 2.75) is 36.3 Å². The molecule has 0 saturated heterocycles. The second kappa shape index (κ2) is 5.97. The SMILES string of the molecule is Cl.OC(C/C(Cl)=C\Cl)(Cn1cncn1)C1(Cl)CC1. The molecule has 1 aliphatic rings. The first-order valence-electron chi connectivity index (χ1n) is 5.18. The number of hydrogen-bond acceptors (Lipinski definition) is 3. The Morgan fingerprint density at radius 1 is 1.56 bits per heavy atom. The smallest absolute Gasteiger partial charge is 0.137 e. The summed E-state index contributed by atoms with van der Waals surface area (Å²) in [5.41, 5.74) is 0.0845. The quantitative estimate of drug-likeness (QED) is 0.843. The molecule has 0 spiro atoms. The van der Waals surface area contributed by atoms with Crippen molar-refractivity contribution in [3.63, 3.8) is 0 Å². The largest absolute Gasteiger partial charge is 0.386 e. The standard InChI is InChI=1S/C10H12Cl3N3O.ClH/c11-4-8(12)3-10(17,9(13)1-2-9)5-16-7-14-6-15-16;/h4,6-7,17H,1-3,5H2;1H/b8-4+;. The Morgan fingerprint density at radius 2 is 2.22 bits per heavy atom. The van der Waals surface area contributed by atoms with Crippen LogP contribution in [0.1, 0.15) is 19.3 Å². The van der Waals surface area contributed by atoms with Gasteiger partial charge in [-0.1, -0.05) is 23.2 Å². The zero-order valence-electron chi connectivity index (χ0n) is 9.39. The number of aromatic nitrogens is 3. The van der Waals surface area contributed by atoms with Crippen LogP contribution < -0.4 is 0 Å². The normalized spacial score (nSPS) is 21.0. The molecule has 1 saturated carbocycles. The fourth-order valence-corrected chi connectivity index (χ4v) is 2.35. The predicted molar refractivity (Wildman–Crippen MR) is 74.4 cm³/mol. The summed E-state index contributed by atoms with van der Waals surface area (Å²) in [6.07, 6.45) is 4.67. The van der Waals surface area contributed by atoms with Crippen LogP contribution in [-0.2, 0) is 6.54 Å². The Hall–Kier alpha value is -0.000000000000000222. The maximum Gasteiger partial charge on any atom is 0.137 e. The van der Waals surface area contributed by atoms with Gasteiger partial charge in [0.1, 0.15) is 18.3 Å². The van der Waals surface area contributed by atoms with Gasteiger partial charge in [0.25, 0.3) is 0 Å². The Labute approximate surface area is 126 Å². The summed E-state index contributed by atoms with van der Waals surface area (Å²) >= 11 is 17.7. The molecular formula is C10H13Cl4N3O. The van der Waals surface area contributed by atoms with Crippen LogP contribution in [0, 0.1) is 0 Å². The third-order valence-corrected chi connectivity index (χ3v) is 4.34. The fraction of sp³-hybridized carbons (Fsp3) is 0.600. The van der Waals surface area contributed by atoms with Crippen LogP contribution in [0.25, 0.3) is 0 Å². The number of aliphatic hydroxyl groups is 1. The van der Waals surface area contributed by atoms with Gasteiger partial charge in [-0.25, -0.2) is 9.67 Å². The van der Waals surface area contributed by atoms with E-state index in [9.17, 15) is 5.11 Å². The van der Waals surface area contributed by atoms with Crippen LogP contribution in [0.15, 0.2) is 23.2 Å². The van der Waals surface area contributed by atoms with Gasteiger partial charge in [-0.05, 0) is 12.8 Å². The van der Waals surface area contributed by atoms with Gasteiger partial charge in [0.05, 0.1) is 11.4 Å². The topological polar surface area (TPSA) is 50.9 Å². The lowest BCUT2D eigenvalue weighted by molar-refractivity contribution is 0.00926. The average molecular weight is 333 g/mol. The summed E-state index contributed by atoms with van der Waals surface area (Å²) < 4.78 is 1.54. The Morgan fingerprint density at radius 3 is 2.67 bits per heavy atom. The minimum atomic E-state index is -1.16. The molecule has 1 heterocycles. The second-order valence-electron chi connectivity index (χ2n) is 4.32. The van der Waals surface area contributed by atoms with Crippen molar-refractivity contribution < 1.29 is 5.11 Å². The van der Waals surface area contributed by atoms with Crippen LogP contribution in [-0.4, -0.2) is 30.3 Å². The third-order valence-electron chi connectivity index (χ3n) is 2.99. The lowest BCUT2D eigenvalue weighted by Gasteiger charge is -2.32. The van der Waals surface area contributed by atoms with Gasteiger partial charge in [0.15, 0.2) is 0 Å². The number of hydrogen-bond donors (Lipinski definition) is 1. The molecule has 0 aliphatic heterocycles. The molecule has 2 rings (SSSR count). The maximum absolute atomic E-state index is 10.7. The molecule has 1 N–H and O–H groups in total. The molecule has 0 radical (unpaired) electrons. The van der Waals surface area contributed by atoms with E-state index >= 15 is 0 Å². The van der Waals surface area contributed by atoms with Gasteiger partial charge in [-0.15, -0.1) is 24.0 Å². The van der Waals surface area contributed by atoms with E-state index in [4.69, 9.17) is 34.8 Å². The highest BCUT2D eigenvalue weighted by molar-refractivity contribution is 6.36. The van der Waals surface area contributed by atoms with E-state index in [1.165, 1.54) is 18.2 Å². The number of nitrogens with zero attached hydrogens (tertiary/aromatic N) is 3. The molecule has 1 aliphatic carbocycles. The van der Waals surface area contributed by atoms with Crippen LogP contribution in [0.3, 0.4) is 0 Å². The molecule has 0 amide bonds. The van der Waals surface area contributed by atoms with E-state index < -0.39 is 10.5 Å². The summed E-state index contributed by atoms with van der Waals surface area (Å²) in [7, 11) is 0. The highest BCUT2D eigenvalue weighted by Crippen LogP contribution is 2.54. The highest BCUT2D eigenvalue weighted by Gasteiger charge is 2.58. The molecule has 1 aromatic heterocycles. The number of halogens is 4. The van der Waals surface area contributed by atoms with E-state index in [1.807, 2.05) is 0 Å². The zero-order valence-corrected chi connectivity index (χ0v) is 12.5. The number of rotatable bonds is 5. The van der Waals surface area contributed by atoms with Crippen LogP contribution in [0.4, 0.5) is 0 Å². The average Bonchev–Trinajstić information content (AvgIpc) is 2.85. The minimum Gasteiger partial charge on any atom is -0.386 e. The number of alkyl halides is 1. The van der Waals surface area contributed by atoms with E-state index in [-0.39, 0.29) is 25.4 Å². The summed E-state index contributed by atoms with van der Waals surface area (Å²) in [5.74, 6) is 0. The van der Waals surface area contributed by atoms with Gasteiger partial charge >= 0.3 is 0 Å². The summed E-state index contributed by atoms with van der Waals surface area (Å²) in [6.45, 7) is 0.247. The van der Waals surface area contributed by atoms with Crippen LogP contribution in [0.2, 0.25) is 0 Å². The van der Waals surface area contributed by atoms with Crippen molar-refractivity contribution in [3.05, 3.63) is 23.2 Å². The third kappa shape index (κ3) is 3.31. The molecular weight excluding hydrogens is 320 g/mol. The van der Waals surface area contributed by atoms with Crippen LogP contribution in [0.5, 0.6) is 0 Å². The maximum atomic E-state index is 10.7. The van der Waals surface area contributed by atoms with E-state index in [2.05, 4.69) is 10.1 Å². The molecule has 0 bridgehead atoms. The van der Waals surface area contributed by atoms with E-state index in [0.717, 1.165) is 12.8 Å². The molecule has 1 atom stereocenters. The Balaban J connectivity index is 0.00000162. The highest BCUT2D eigenvalue weighted by atomic mass is 35.5. The molecule has 4 nitrogen and oxygen atoms in total. The van der Waals surface area contributed by atoms with Gasteiger partial charge in [0, 0.05) is 17.0 Å². The summed E-state index contributed by atoms with van der Waals surface area (Å²) in [5, 5.41) is 15.0. The first-order valence-corrected chi connectivity index (χ1v) is 6.37. The second-order valence-corrected chi connectivity index (χ2v) is 5.75. The molecule has 18 heavy (non-hydrogen) atoms. The van der Waals surface area contributed by atoms with Gasteiger partial charge in [-0.3, -0.25) is 0 Å². The van der Waals surface area contributed by atoms with Crippen molar-refractivity contribution in [3.8, 4) is 0 Å². The van der Waals surface area contributed by atoms with Crippen molar-refractivity contribution in [2.75, 3.05) is 0 Å². The first kappa shape index (κ1) is 16.1. The minimum absolute atomic E-state index is 0. The Bertz CT molecular complexity index is 419.